The Morgan fingerprint density at radius 2 is 2.06 bits per heavy atom. The fourth-order valence-corrected chi connectivity index (χ4v) is 1.53. The van der Waals surface area contributed by atoms with Crippen molar-refractivity contribution in [1.82, 2.24) is 5.32 Å². The van der Waals surface area contributed by atoms with E-state index in [0.717, 1.165) is 26.2 Å². The van der Waals surface area contributed by atoms with Crippen molar-refractivity contribution in [3.8, 4) is 0 Å². The molecule has 2 nitrogen and oxygen atoms in total. The van der Waals surface area contributed by atoms with Gasteiger partial charge in [0.15, 0.2) is 0 Å². The fourth-order valence-electron chi connectivity index (χ4n) is 1.53. The Hall–Kier alpha value is -0.340. The summed E-state index contributed by atoms with van der Waals surface area (Å²) in [4.78, 5) is 0. The van der Waals surface area contributed by atoms with Gasteiger partial charge < -0.3 is 10.1 Å². The molecule has 0 aromatic rings. The molecule has 0 aliphatic heterocycles. The first kappa shape index (κ1) is 15.7. The molecule has 0 saturated carbocycles. The molecule has 0 saturated heterocycles. The molecule has 0 aromatic carbocycles. The van der Waals surface area contributed by atoms with Gasteiger partial charge in [0.25, 0.3) is 0 Å². The Kier molecular flexibility index (Phi) is 10.9. The standard InChI is InChI=1S/C14H29NO/c1-5-6-7-8-14(4)15-10-12-16-11-9-13(2)3/h14-15H,2,5-12H2,1,3-4H3. The van der Waals surface area contributed by atoms with E-state index in [1.807, 2.05) is 6.92 Å². The van der Waals surface area contributed by atoms with Crippen LogP contribution in [0.5, 0.6) is 0 Å². The van der Waals surface area contributed by atoms with Crippen molar-refractivity contribution in [3.05, 3.63) is 12.2 Å². The van der Waals surface area contributed by atoms with Crippen LogP contribution in [-0.4, -0.2) is 25.8 Å². The SMILES string of the molecule is C=C(C)CCOCCNC(C)CCCCC. The van der Waals surface area contributed by atoms with Gasteiger partial charge in [0.1, 0.15) is 0 Å². The molecule has 0 spiro atoms. The zero-order valence-electron chi connectivity index (χ0n) is 11.3. The molecule has 0 heterocycles. The molecule has 1 N–H and O–H groups in total. The molecule has 0 amide bonds. The van der Waals surface area contributed by atoms with Crippen LogP contribution in [0.25, 0.3) is 0 Å². The summed E-state index contributed by atoms with van der Waals surface area (Å²) in [7, 11) is 0. The summed E-state index contributed by atoms with van der Waals surface area (Å²) in [6.07, 6.45) is 6.24. The highest BCUT2D eigenvalue weighted by Crippen LogP contribution is 2.02. The van der Waals surface area contributed by atoms with Gasteiger partial charge in [0.05, 0.1) is 13.2 Å². The fraction of sp³-hybridized carbons (Fsp3) is 0.857. The van der Waals surface area contributed by atoms with E-state index in [4.69, 9.17) is 4.74 Å². The van der Waals surface area contributed by atoms with Crippen LogP contribution in [0.3, 0.4) is 0 Å². The zero-order valence-corrected chi connectivity index (χ0v) is 11.3. The monoisotopic (exact) mass is 227 g/mol. The molecule has 1 atom stereocenters. The molecule has 16 heavy (non-hydrogen) atoms. The molecule has 0 bridgehead atoms. The van der Waals surface area contributed by atoms with Gasteiger partial charge >= 0.3 is 0 Å². The summed E-state index contributed by atoms with van der Waals surface area (Å²) in [5, 5.41) is 3.48. The molecule has 96 valence electrons. The third-order valence-electron chi connectivity index (χ3n) is 2.65. The third-order valence-corrected chi connectivity index (χ3v) is 2.65. The van der Waals surface area contributed by atoms with E-state index < -0.39 is 0 Å². The van der Waals surface area contributed by atoms with Gasteiger partial charge in [0, 0.05) is 12.6 Å². The molecule has 2 heteroatoms. The summed E-state index contributed by atoms with van der Waals surface area (Å²) >= 11 is 0. The topological polar surface area (TPSA) is 21.3 Å². The Balaban J connectivity index is 3.14. The van der Waals surface area contributed by atoms with Crippen molar-refractivity contribution >= 4 is 0 Å². The predicted molar refractivity (Wildman–Crippen MR) is 71.9 cm³/mol. The van der Waals surface area contributed by atoms with Crippen molar-refractivity contribution in [2.24, 2.45) is 0 Å². The Morgan fingerprint density at radius 3 is 2.69 bits per heavy atom. The molecular weight excluding hydrogens is 198 g/mol. The highest BCUT2D eigenvalue weighted by atomic mass is 16.5. The van der Waals surface area contributed by atoms with E-state index in [2.05, 4.69) is 25.7 Å². The quantitative estimate of drug-likeness (QED) is 0.431. The Bertz CT molecular complexity index is 168. The summed E-state index contributed by atoms with van der Waals surface area (Å²) in [6, 6.07) is 0.622. The summed E-state index contributed by atoms with van der Waals surface area (Å²) in [6.45, 7) is 13.0. The molecule has 0 rings (SSSR count). The van der Waals surface area contributed by atoms with Crippen LogP contribution in [0.4, 0.5) is 0 Å². The maximum atomic E-state index is 5.50. The van der Waals surface area contributed by atoms with Crippen molar-refractivity contribution in [2.45, 2.75) is 58.9 Å². The van der Waals surface area contributed by atoms with Crippen LogP contribution in [0.1, 0.15) is 52.9 Å². The van der Waals surface area contributed by atoms with Gasteiger partial charge in [-0.25, -0.2) is 0 Å². The first-order valence-electron chi connectivity index (χ1n) is 6.62. The molecule has 0 fully saturated rings. The third kappa shape index (κ3) is 11.7. The molecular formula is C14H29NO. The predicted octanol–water partition coefficient (Wildman–Crippen LogP) is 3.53. The van der Waals surface area contributed by atoms with Crippen LogP contribution in [0, 0.1) is 0 Å². The highest BCUT2D eigenvalue weighted by molar-refractivity contribution is 4.87. The second kappa shape index (κ2) is 11.2. The van der Waals surface area contributed by atoms with Gasteiger partial charge in [0.2, 0.25) is 0 Å². The molecule has 1 unspecified atom stereocenters. The van der Waals surface area contributed by atoms with E-state index in [9.17, 15) is 0 Å². The Labute approximate surface area is 101 Å². The van der Waals surface area contributed by atoms with Gasteiger partial charge in [-0.1, -0.05) is 31.8 Å². The zero-order chi connectivity index (χ0) is 12.2. The maximum absolute atomic E-state index is 5.50. The maximum Gasteiger partial charge on any atom is 0.0591 e. The largest absolute Gasteiger partial charge is 0.380 e. The molecule has 0 radical (unpaired) electrons. The lowest BCUT2D eigenvalue weighted by Gasteiger charge is -2.13. The second-order valence-electron chi connectivity index (χ2n) is 4.67. The van der Waals surface area contributed by atoms with Gasteiger partial charge in [-0.2, -0.15) is 0 Å². The lowest BCUT2D eigenvalue weighted by Crippen LogP contribution is -2.29. The minimum Gasteiger partial charge on any atom is -0.380 e. The average Bonchev–Trinajstić information content (AvgIpc) is 2.23. The normalized spacial score (nSPS) is 12.7. The first-order valence-corrected chi connectivity index (χ1v) is 6.62. The van der Waals surface area contributed by atoms with E-state index in [-0.39, 0.29) is 0 Å². The number of rotatable bonds is 11. The molecule has 0 aliphatic carbocycles. The van der Waals surface area contributed by atoms with E-state index >= 15 is 0 Å². The van der Waals surface area contributed by atoms with E-state index in [0.29, 0.717) is 6.04 Å². The number of hydrogen-bond donors (Lipinski definition) is 1. The second-order valence-corrected chi connectivity index (χ2v) is 4.67. The minimum absolute atomic E-state index is 0.622. The lowest BCUT2D eigenvalue weighted by atomic mass is 10.1. The lowest BCUT2D eigenvalue weighted by molar-refractivity contribution is 0.136. The number of nitrogens with one attached hydrogen (secondary N) is 1. The highest BCUT2D eigenvalue weighted by Gasteiger charge is 1.99. The van der Waals surface area contributed by atoms with Crippen LogP contribution < -0.4 is 5.32 Å². The summed E-state index contributed by atoms with van der Waals surface area (Å²) in [5.74, 6) is 0. The van der Waals surface area contributed by atoms with Crippen LogP contribution in [0.15, 0.2) is 12.2 Å². The minimum atomic E-state index is 0.622. The first-order chi connectivity index (χ1) is 7.66. The number of unbranched alkanes of at least 4 members (excludes halogenated alkanes) is 2. The van der Waals surface area contributed by atoms with Crippen molar-refractivity contribution in [3.63, 3.8) is 0 Å². The van der Waals surface area contributed by atoms with Crippen LogP contribution >= 0.6 is 0 Å². The van der Waals surface area contributed by atoms with E-state index in [1.54, 1.807) is 0 Å². The number of ether oxygens (including phenoxy) is 1. The van der Waals surface area contributed by atoms with Crippen LogP contribution in [0.2, 0.25) is 0 Å². The molecule has 0 aromatic heterocycles. The Morgan fingerprint density at radius 1 is 1.31 bits per heavy atom. The van der Waals surface area contributed by atoms with Gasteiger partial charge in [-0.3, -0.25) is 0 Å². The van der Waals surface area contributed by atoms with Crippen molar-refractivity contribution < 1.29 is 4.74 Å². The smallest absolute Gasteiger partial charge is 0.0591 e. The van der Waals surface area contributed by atoms with Crippen LogP contribution in [-0.2, 0) is 4.74 Å². The number of hydrogen-bond acceptors (Lipinski definition) is 2. The van der Waals surface area contributed by atoms with Gasteiger partial charge in [-0.05, 0) is 26.7 Å². The van der Waals surface area contributed by atoms with Crippen molar-refractivity contribution in [1.29, 1.82) is 0 Å². The van der Waals surface area contributed by atoms with E-state index in [1.165, 1.54) is 31.3 Å². The van der Waals surface area contributed by atoms with Crippen molar-refractivity contribution in [2.75, 3.05) is 19.8 Å². The summed E-state index contributed by atoms with van der Waals surface area (Å²) in [5.41, 5.74) is 1.20. The molecule has 0 aliphatic rings. The average molecular weight is 227 g/mol. The van der Waals surface area contributed by atoms with Gasteiger partial charge in [-0.15, -0.1) is 6.58 Å². The summed E-state index contributed by atoms with van der Waals surface area (Å²) < 4.78 is 5.50.